The topological polar surface area (TPSA) is 12.9 Å². The molecule has 0 radical (unpaired) electrons. The molecular weight excluding hydrogens is 166 g/mol. The van der Waals surface area contributed by atoms with Crippen LogP contribution in [0.25, 0.3) is 0 Å². The van der Waals surface area contributed by atoms with Gasteiger partial charge in [-0.05, 0) is 0 Å². The lowest BCUT2D eigenvalue weighted by atomic mass is 10.3. The van der Waals surface area contributed by atoms with E-state index in [1.165, 1.54) is 0 Å². The Morgan fingerprint density at radius 1 is 1.42 bits per heavy atom. The summed E-state index contributed by atoms with van der Waals surface area (Å²) in [5.41, 5.74) is 0. The van der Waals surface area contributed by atoms with Crippen molar-refractivity contribution >= 4 is 11.3 Å². The lowest BCUT2D eigenvalue weighted by molar-refractivity contribution is 1.19. The molecule has 0 saturated heterocycles. The maximum atomic E-state index is 4.16. The normalized spacial score (nSPS) is 11.3. The van der Waals surface area contributed by atoms with Gasteiger partial charge in [0.15, 0.2) is 0 Å². The van der Waals surface area contributed by atoms with Gasteiger partial charge in [-0.25, -0.2) is 4.98 Å². The molecule has 0 spiro atoms. The van der Waals surface area contributed by atoms with E-state index in [9.17, 15) is 0 Å². The molecule has 0 aliphatic carbocycles. The van der Waals surface area contributed by atoms with Gasteiger partial charge in [-0.3, -0.25) is 0 Å². The van der Waals surface area contributed by atoms with Gasteiger partial charge >= 0.3 is 0 Å². The summed E-state index contributed by atoms with van der Waals surface area (Å²) in [5, 5.41) is 3.14. The van der Waals surface area contributed by atoms with Gasteiger partial charge in [0.1, 0.15) is 0 Å². The highest BCUT2D eigenvalue weighted by molar-refractivity contribution is 7.09. The van der Waals surface area contributed by atoms with Crippen LogP contribution in [-0.2, 0) is 6.42 Å². The number of hydrogen-bond donors (Lipinski definition) is 0. The molecule has 0 unspecified atom stereocenters. The maximum absolute atomic E-state index is 4.16. The molecule has 12 heavy (non-hydrogen) atoms. The van der Waals surface area contributed by atoms with Gasteiger partial charge in [-0.2, -0.15) is 0 Å². The van der Waals surface area contributed by atoms with E-state index in [-0.39, 0.29) is 0 Å². The van der Waals surface area contributed by atoms with Crippen molar-refractivity contribution in [2.75, 3.05) is 0 Å². The van der Waals surface area contributed by atoms with Gasteiger partial charge in [0.05, 0.1) is 5.01 Å². The van der Waals surface area contributed by atoms with E-state index < -0.39 is 0 Å². The van der Waals surface area contributed by atoms with Crippen molar-refractivity contribution < 1.29 is 0 Å². The first kappa shape index (κ1) is 8.94. The molecule has 2 heteroatoms. The largest absolute Gasteiger partial charge is 0.249 e. The Bertz CT molecular complexity index is 270. The Hall–Kier alpha value is -1.15. The standard InChI is InChI=1S/C10H11NS/c1-2-3-4-5-6-7-10-11-8-9-12-10/h2-6,8-9H,1,7H2/b4-3-,6-5-. The third kappa shape index (κ3) is 3.30. The van der Waals surface area contributed by atoms with Crippen LogP contribution in [-0.4, -0.2) is 4.98 Å². The Kier molecular flexibility index (Phi) is 4.09. The van der Waals surface area contributed by atoms with Gasteiger partial charge in [-0.15, -0.1) is 11.3 Å². The summed E-state index contributed by atoms with van der Waals surface area (Å²) in [6.45, 7) is 3.58. The van der Waals surface area contributed by atoms with Gasteiger partial charge in [0.25, 0.3) is 0 Å². The van der Waals surface area contributed by atoms with Gasteiger partial charge in [-0.1, -0.05) is 37.0 Å². The highest BCUT2D eigenvalue weighted by atomic mass is 32.1. The minimum atomic E-state index is 0.916. The summed E-state index contributed by atoms with van der Waals surface area (Å²) in [7, 11) is 0. The van der Waals surface area contributed by atoms with Crippen molar-refractivity contribution in [1.29, 1.82) is 0 Å². The Morgan fingerprint density at radius 3 is 3.00 bits per heavy atom. The molecule has 0 aromatic carbocycles. The molecule has 1 heterocycles. The van der Waals surface area contributed by atoms with E-state index >= 15 is 0 Å². The molecule has 0 bridgehead atoms. The van der Waals surface area contributed by atoms with Crippen LogP contribution in [0.1, 0.15) is 5.01 Å². The first-order valence-electron chi connectivity index (χ1n) is 3.76. The monoisotopic (exact) mass is 177 g/mol. The summed E-state index contributed by atoms with van der Waals surface area (Å²) >= 11 is 1.68. The minimum Gasteiger partial charge on any atom is -0.249 e. The van der Waals surface area contributed by atoms with Crippen molar-refractivity contribution in [1.82, 2.24) is 4.98 Å². The van der Waals surface area contributed by atoms with E-state index in [2.05, 4.69) is 17.6 Å². The molecule has 0 aliphatic rings. The fraction of sp³-hybridized carbons (Fsp3) is 0.100. The van der Waals surface area contributed by atoms with E-state index in [0.29, 0.717) is 0 Å². The molecule has 62 valence electrons. The van der Waals surface area contributed by atoms with Crippen LogP contribution in [0.15, 0.2) is 48.5 Å². The summed E-state index contributed by atoms with van der Waals surface area (Å²) in [6, 6.07) is 0. The molecule has 1 nitrogen and oxygen atoms in total. The Balaban J connectivity index is 2.30. The SMILES string of the molecule is C=C/C=C\C=C/Cc1nccs1. The number of hydrogen-bond acceptors (Lipinski definition) is 2. The summed E-state index contributed by atoms with van der Waals surface area (Å²) in [5.74, 6) is 0. The van der Waals surface area contributed by atoms with Crippen LogP contribution in [0.5, 0.6) is 0 Å². The molecule has 0 fully saturated rings. The van der Waals surface area contributed by atoms with Crippen molar-refractivity contribution in [3.63, 3.8) is 0 Å². The highest BCUT2D eigenvalue weighted by Crippen LogP contribution is 2.04. The Labute approximate surface area is 76.8 Å². The fourth-order valence-corrected chi connectivity index (χ4v) is 1.34. The smallest absolute Gasteiger partial charge is 0.0962 e. The summed E-state index contributed by atoms with van der Waals surface area (Å²) in [4.78, 5) is 4.16. The molecular formula is C10H11NS. The highest BCUT2D eigenvalue weighted by Gasteiger charge is 1.87. The van der Waals surface area contributed by atoms with Crippen molar-refractivity contribution in [3.05, 3.63) is 53.5 Å². The lowest BCUT2D eigenvalue weighted by Gasteiger charge is -1.83. The molecule has 0 saturated carbocycles. The third-order valence-electron chi connectivity index (χ3n) is 1.27. The molecule has 1 rings (SSSR count). The van der Waals surface area contributed by atoms with E-state index in [4.69, 9.17) is 0 Å². The molecule has 1 aromatic rings. The van der Waals surface area contributed by atoms with Crippen molar-refractivity contribution in [2.24, 2.45) is 0 Å². The van der Waals surface area contributed by atoms with Crippen LogP contribution in [0.3, 0.4) is 0 Å². The summed E-state index contributed by atoms with van der Waals surface area (Å²) < 4.78 is 0. The van der Waals surface area contributed by atoms with Crippen molar-refractivity contribution in [2.45, 2.75) is 6.42 Å². The second-order valence-electron chi connectivity index (χ2n) is 2.18. The van der Waals surface area contributed by atoms with Gasteiger partial charge < -0.3 is 0 Å². The van der Waals surface area contributed by atoms with E-state index in [1.54, 1.807) is 17.4 Å². The first-order valence-corrected chi connectivity index (χ1v) is 4.64. The number of allylic oxidation sites excluding steroid dienone is 5. The van der Waals surface area contributed by atoms with Crippen LogP contribution < -0.4 is 0 Å². The molecule has 0 aliphatic heterocycles. The van der Waals surface area contributed by atoms with Crippen molar-refractivity contribution in [3.8, 4) is 0 Å². The number of aromatic nitrogens is 1. The van der Waals surface area contributed by atoms with Gasteiger partial charge in [0, 0.05) is 18.0 Å². The minimum absolute atomic E-state index is 0.916. The number of nitrogens with zero attached hydrogens (tertiary/aromatic N) is 1. The zero-order chi connectivity index (χ0) is 8.65. The molecule has 0 amide bonds. The first-order chi connectivity index (χ1) is 5.93. The molecule has 1 aromatic heterocycles. The predicted molar refractivity (Wildman–Crippen MR) is 54.3 cm³/mol. The number of thiazole rings is 1. The van der Waals surface area contributed by atoms with Crippen LogP contribution in [0, 0.1) is 0 Å². The van der Waals surface area contributed by atoms with Crippen LogP contribution in [0.2, 0.25) is 0 Å². The van der Waals surface area contributed by atoms with E-state index in [0.717, 1.165) is 11.4 Å². The zero-order valence-corrected chi connectivity index (χ0v) is 7.63. The van der Waals surface area contributed by atoms with E-state index in [1.807, 2.05) is 29.8 Å². The maximum Gasteiger partial charge on any atom is 0.0962 e. The van der Waals surface area contributed by atoms with Crippen LogP contribution >= 0.6 is 11.3 Å². The second-order valence-corrected chi connectivity index (χ2v) is 3.16. The lowest BCUT2D eigenvalue weighted by Crippen LogP contribution is -1.74. The fourth-order valence-electron chi connectivity index (χ4n) is 0.744. The second kappa shape index (κ2) is 5.49. The average molecular weight is 177 g/mol. The Morgan fingerprint density at radius 2 is 2.33 bits per heavy atom. The summed E-state index contributed by atoms with van der Waals surface area (Å²) in [6.07, 6.45) is 12.4. The van der Waals surface area contributed by atoms with Crippen LogP contribution in [0.4, 0.5) is 0 Å². The third-order valence-corrected chi connectivity index (χ3v) is 2.07. The molecule has 0 atom stereocenters. The number of rotatable bonds is 4. The zero-order valence-electron chi connectivity index (χ0n) is 6.81. The quantitative estimate of drug-likeness (QED) is 0.644. The predicted octanol–water partition coefficient (Wildman–Crippen LogP) is 2.98. The molecule has 0 N–H and O–H groups in total. The van der Waals surface area contributed by atoms with Gasteiger partial charge in [0.2, 0.25) is 0 Å². The average Bonchev–Trinajstić information content (AvgIpc) is 2.57.